The highest BCUT2D eigenvalue weighted by Gasteiger charge is 2.08. The summed E-state index contributed by atoms with van der Waals surface area (Å²) in [5, 5.41) is 2.24. The van der Waals surface area contributed by atoms with E-state index in [1.807, 2.05) is 60.7 Å². The van der Waals surface area contributed by atoms with Crippen molar-refractivity contribution >= 4 is 12.0 Å². The fourth-order valence-corrected chi connectivity index (χ4v) is 2.03. The fourth-order valence-electron chi connectivity index (χ4n) is 2.03. The minimum Gasteiger partial charge on any atom is -0.444 e. The van der Waals surface area contributed by atoms with Gasteiger partial charge in [0, 0.05) is 6.42 Å². The number of imide groups is 1. The third-order valence-corrected chi connectivity index (χ3v) is 3.17. The number of aryl methyl sites for hydroxylation is 1. The highest BCUT2D eigenvalue weighted by molar-refractivity contribution is 5.91. The normalized spacial score (nSPS) is 10.0. The van der Waals surface area contributed by atoms with E-state index in [0.29, 0.717) is 12.8 Å². The first-order valence-corrected chi connectivity index (χ1v) is 7.28. The maximum absolute atomic E-state index is 11.6. The van der Waals surface area contributed by atoms with Crippen molar-refractivity contribution < 1.29 is 14.3 Å². The molecule has 114 valence electrons. The van der Waals surface area contributed by atoms with Crippen LogP contribution in [0.25, 0.3) is 0 Å². The molecule has 0 aliphatic carbocycles. The van der Waals surface area contributed by atoms with Crippen LogP contribution in [0.4, 0.5) is 4.79 Å². The Morgan fingerprint density at radius 1 is 0.864 bits per heavy atom. The van der Waals surface area contributed by atoms with E-state index in [4.69, 9.17) is 4.74 Å². The summed E-state index contributed by atoms with van der Waals surface area (Å²) in [6.07, 6.45) is 1.11. The lowest BCUT2D eigenvalue weighted by atomic mass is 10.1. The average Bonchev–Trinajstić information content (AvgIpc) is 2.55. The van der Waals surface area contributed by atoms with E-state index in [2.05, 4.69) is 5.32 Å². The van der Waals surface area contributed by atoms with Gasteiger partial charge in [-0.15, -0.1) is 0 Å². The van der Waals surface area contributed by atoms with Crippen molar-refractivity contribution in [1.29, 1.82) is 0 Å². The molecule has 0 aliphatic rings. The summed E-state index contributed by atoms with van der Waals surface area (Å²) in [6, 6.07) is 19.3. The van der Waals surface area contributed by atoms with Gasteiger partial charge in [0.1, 0.15) is 6.61 Å². The molecule has 0 aromatic heterocycles. The first kappa shape index (κ1) is 15.8. The Labute approximate surface area is 130 Å². The van der Waals surface area contributed by atoms with Gasteiger partial charge >= 0.3 is 6.09 Å². The molecular weight excluding hydrogens is 278 g/mol. The second-order valence-corrected chi connectivity index (χ2v) is 4.95. The molecule has 4 heteroatoms. The van der Waals surface area contributed by atoms with E-state index in [-0.39, 0.29) is 12.5 Å². The van der Waals surface area contributed by atoms with Crippen molar-refractivity contribution in [2.75, 3.05) is 0 Å². The topological polar surface area (TPSA) is 55.4 Å². The van der Waals surface area contributed by atoms with E-state index in [9.17, 15) is 9.59 Å². The van der Waals surface area contributed by atoms with Gasteiger partial charge in [-0.25, -0.2) is 4.79 Å². The summed E-state index contributed by atoms with van der Waals surface area (Å²) in [7, 11) is 0. The van der Waals surface area contributed by atoms with Gasteiger partial charge in [0.2, 0.25) is 5.91 Å². The van der Waals surface area contributed by atoms with E-state index >= 15 is 0 Å². The van der Waals surface area contributed by atoms with Gasteiger partial charge in [0.25, 0.3) is 0 Å². The van der Waals surface area contributed by atoms with Crippen LogP contribution in [0.1, 0.15) is 24.0 Å². The van der Waals surface area contributed by atoms with Gasteiger partial charge in [0.05, 0.1) is 0 Å². The van der Waals surface area contributed by atoms with Gasteiger partial charge in [-0.05, 0) is 24.0 Å². The summed E-state index contributed by atoms with van der Waals surface area (Å²) >= 11 is 0. The highest BCUT2D eigenvalue weighted by atomic mass is 16.5. The molecule has 0 aliphatic heterocycles. The predicted octanol–water partition coefficient (Wildman–Crippen LogP) is 3.46. The Balaban J connectivity index is 1.63. The van der Waals surface area contributed by atoms with Crippen LogP contribution in [-0.2, 0) is 22.6 Å². The summed E-state index contributed by atoms with van der Waals surface area (Å²) in [5.74, 6) is -0.311. The largest absolute Gasteiger partial charge is 0.444 e. The van der Waals surface area contributed by atoms with Crippen LogP contribution in [0, 0.1) is 0 Å². The lowest BCUT2D eigenvalue weighted by Gasteiger charge is -2.06. The predicted molar refractivity (Wildman–Crippen MR) is 84.1 cm³/mol. The number of hydrogen-bond donors (Lipinski definition) is 1. The minimum absolute atomic E-state index is 0.157. The molecule has 2 aromatic carbocycles. The zero-order valence-electron chi connectivity index (χ0n) is 12.3. The molecule has 0 bridgehead atoms. The Bertz CT molecular complexity index is 596. The molecule has 0 radical (unpaired) electrons. The number of ether oxygens (including phenoxy) is 1. The standard InChI is InChI=1S/C18H19NO3/c20-17(13-7-12-15-8-3-1-4-9-15)19-18(21)22-14-16-10-5-2-6-11-16/h1-6,8-11H,7,12-14H2,(H,19,20,21). The second-order valence-electron chi connectivity index (χ2n) is 4.95. The van der Waals surface area contributed by atoms with Crippen LogP contribution in [0.3, 0.4) is 0 Å². The average molecular weight is 297 g/mol. The number of rotatable bonds is 6. The first-order chi connectivity index (χ1) is 10.7. The molecule has 22 heavy (non-hydrogen) atoms. The summed E-state index contributed by atoms with van der Waals surface area (Å²) in [5.41, 5.74) is 2.07. The molecule has 2 rings (SSSR count). The van der Waals surface area contributed by atoms with Gasteiger partial charge in [0.15, 0.2) is 0 Å². The molecule has 0 heterocycles. The number of alkyl carbamates (subject to hydrolysis) is 1. The number of carbonyl (C=O) groups excluding carboxylic acids is 2. The Morgan fingerprint density at radius 2 is 1.45 bits per heavy atom. The fraction of sp³-hybridized carbons (Fsp3) is 0.222. The SMILES string of the molecule is O=C(CCCc1ccccc1)NC(=O)OCc1ccccc1. The molecule has 0 spiro atoms. The van der Waals surface area contributed by atoms with E-state index in [1.165, 1.54) is 5.56 Å². The number of hydrogen-bond acceptors (Lipinski definition) is 3. The number of benzene rings is 2. The Morgan fingerprint density at radius 3 is 2.09 bits per heavy atom. The molecule has 2 amide bonds. The van der Waals surface area contributed by atoms with Gasteiger partial charge < -0.3 is 4.74 Å². The second kappa shape index (κ2) is 8.62. The maximum Gasteiger partial charge on any atom is 0.414 e. The van der Waals surface area contributed by atoms with Crippen LogP contribution >= 0.6 is 0 Å². The van der Waals surface area contributed by atoms with Crippen molar-refractivity contribution in [3.63, 3.8) is 0 Å². The number of carbonyl (C=O) groups is 2. The lowest BCUT2D eigenvalue weighted by Crippen LogP contribution is -2.30. The molecule has 0 atom stereocenters. The van der Waals surface area contributed by atoms with Gasteiger partial charge in [-0.3, -0.25) is 10.1 Å². The zero-order chi connectivity index (χ0) is 15.6. The molecule has 0 saturated carbocycles. The summed E-state index contributed by atoms with van der Waals surface area (Å²) in [6.45, 7) is 0.157. The quantitative estimate of drug-likeness (QED) is 0.888. The van der Waals surface area contributed by atoms with E-state index in [1.54, 1.807) is 0 Å². The maximum atomic E-state index is 11.6. The molecule has 0 saturated heterocycles. The lowest BCUT2D eigenvalue weighted by molar-refractivity contribution is -0.120. The molecule has 0 unspecified atom stereocenters. The smallest absolute Gasteiger partial charge is 0.414 e. The number of nitrogens with one attached hydrogen (secondary N) is 1. The van der Waals surface area contributed by atoms with Crippen molar-refractivity contribution in [1.82, 2.24) is 5.32 Å². The molecular formula is C18H19NO3. The number of amides is 2. The van der Waals surface area contributed by atoms with Crippen LogP contribution in [0.15, 0.2) is 60.7 Å². The van der Waals surface area contributed by atoms with Crippen molar-refractivity contribution in [3.8, 4) is 0 Å². The Kier molecular flexibility index (Phi) is 6.18. The molecule has 1 N–H and O–H groups in total. The van der Waals surface area contributed by atoms with Gasteiger partial charge in [-0.1, -0.05) is 60.7 Å². The molecule has 4 nitrogen and oxygen atoms in total. The highest BCUT2D eigenvalue weighted by Crippen LogP contribution is 2.04. The summed E-state index contributed by atoms with van der Waals surface area (Å²) in [4.78, 5) is 23.1. The van der Waals surface area contributed by atoms with Crippen LogP contribution in [0.5, 0.6) is 0 Å². The minimum atomic E-state index is -0.700. The van der Waals surface area contributed by atoms with E-state index < -0.39 is 6.09 Å². The van der Waals surface area contributed by atoms with Crippen LogP contribution in [0.2, 0.25) is 0 Å². The van der Waals surface area contributed by atoms with Crippen molar-refractivity contribution in [2.45, 2.75) is 25.9 Å². The summed E-state index contributed by atoms with van der Waals surface area (Å²) < 4.78 is 4.99. The van der Waals surface area contributed by atoms with Crippen molar-refractivity contribution in [2.24, 2.45) is 0 Å². The molecule has 2 aromatic rings. The molecule has 0 fully saturated rings. The first-order valence-electron chi connectivity index (χ1n) is 7.28. The van der Waals surface area contributed by atoms with E-state index in [0.717, 1.165) is 12.0 Å². The van der Waals surface area contributed by atoms with Crippen molar-refractivity contribution in [3.05, 3.63) is 71.8 Å². The zero-order valence-corrected chi connectivity index (χ0v) is 12.3. The monoisotopic (exact) mass is 297 g/mol. The third kappa shape index (κ3) is 5.79. The third-order valence-electron chi connectivity index (χ3n) is 3.17. The van der Waals surface area contributed by atoms with Crippen LogP contribution in [-0.4, -0.2) is 12.0 Å². The Hall–Kier alpha value is -2.62. The van der Waals surface area contributed by atoms with Crippen LogP contribution < -0.4 is 5.32 Å². The van der Waals surface area contributed by atoms with Gasteiger partial charge in [-0.2, -0.15) is 0 Å².